The monoisotopic (exact) mass is 326 g/mol. The second-order valence-electron chi connectivity index (χ2n) is 4.98. The SMILES string of the molecule is Cc1cc(N2CCCNC(CC(=O)O)C2)ccc1Br. The van der Waals surface area contributed by atoms with Crippen molar-refractivity contribution in [2.45, 2.75) is 25.8 Å². The topological polar surface area (TPSA) is 52.6 Å². The standard InChI is InChI=1S/C14H19BrN2O2/c1-10-7-12(3-4-13(10)15)17-6-2-5-16-11(9-17)8-14(18)19/h3-4,7,11,16H,2,5-6,8-9H2,1H3,(H,18,19). The zero-order valence-electron chi connectivity index (χ0n) is 11.0. The molecular weight excluding hydrogens is 308 g/mol. The highest BCUT2D eigenvalue weighted by Gasteiger charge is 2.20. The molecule has 0 radical (unpaired) electrons. The Labute approximate surface area is 121 Å². The van der Waals surface area contributed by atoms with Gasteiger partial charge in [0, 0.05) is 29.3 Å². The number of carboxylic acid groups (broad SMARTS) is 1. The molecule has 1 aromatic carbocycles. The van der Waals surface area contributed by atoms with Crippen LogP contribution in [0.5, 0.6) is 0 Å². The third-order valence-corrected chi connectivity index (χ3v) is 4.30. The van der Waals surface area contributed by atoms with Gasteiger partial charge in [-0.25, -0.2) is 0 Å². The van der Waals surface area contributed by atoms with Gasteiger partial charge in [0.25, 0.3) is 0 Å². The molecule has 4 nitrogen and oxygen atoms in total. The number of carbonyl (C=O) groups is 1. The third kappa shape index (κ3) is 3.94. The molecule has 0 spiro atoms. The van der Waals surface area contributed by atoms with Crippen molar-refractivity contribution < 1.29 is 9.90 Å². The van der Waals surface area contributed by atoms with Crippen LogP contribution in [0.4, 0.5) is 5.69 Å². The van der Waals surface area contributed by atoms with E-state index in [1.54, 1.807) is 0 Å². The Kier molecular flexibility index (Phi) is 4.82. The smallest absolute Gasteiger partial charge is 0.304 e. The summed E-state index contributed by atoms with van der Waals surface area (Å²) in [7, 11) is 0. The van der Waals surface area contributed by atoms with E-state index < -0.39 is 5.97 Å². The van der Waals surface area contributed by atoms with Crippen molar-refractivity contribution in [2.75, 3.05) is 24.5 Å². The zero-order valence-corrected chi connectivity index (χ0v) is 12.6. The van der Waals surface area contributed by atoms with Gasteiger partial charge in [-0.1, -0.05) is 15.9 Å². The maximum atomic E-state index is 10.9. The van der Waals surface area contributed by atoms with E-state index in [4.69, 9.17) is 5.11 Å². The minimum atomic E-state index is -0.744. The summed E-state index contributed by atoms with van der Waals surface area (Å²) in [6, 6.07) is 6.30. The molecule has 0 amide bonds. The summed E-state index contributed by atoms with van der Waals surface area (Å²) in [4.78, 5) is 13.1. The normalized spacial score (nSPS) is 20.1. The van der Waals surface area contributed by atoms with Gasteiger partial charge in [-0.15, -0.1) is 0 Å². The highest BCUT2D eigenvalue weighted by atomic mass is 79.9. The molecule has 2 N–H and O–H groups in total. The molecular formula is C14H19BrN2O2. The number of hydrogen-bond acceptors (Lipinski definition) is 3. The van der Waals surface area contributed by atoms with Crippen molar-refractivity contribution >= 4 is 27.6 Å². The minimum absolute atomic E-state index is 0.0175. The van der Waals surface area contributed by atoms with Gasteiger partial charge in [-0.3, -0.25) is 4.79 Å². The molecule has 1 saturated heterocycles. The fraction of sp³-hybridized carbons (Fsp3) is 0.500. The summed E-state index contributed by atoms with van der Waals surface area (Å²) in [6.07, 6.45) is 1.21. The van der Waals surface area contributed by atoms with E-state index in [1.807, 2.05) is 0 Å². The van der Waals surface area contributed by atoms with Gasteiger partial charge in [-0.05, 0) is 43.7 Å². The maximum absolute atomic E-state index is 10.9. The molecule has 1 unspecified atom stereocenters. The fourth-order valence-electron chi connectivity index (χ4n) is 2.41. The predicted molar refractivity (Wildman–Crippen MR) is 79.8 cm³/mol. The van der Waals surface area contributed by atoms with Crippen molar-refractivity contribution in [3.05, 3.63) is 28.2 Å². The van der Waals surface area contributed by atoms with E-state index in [-0.39, 0.29) is 12.5 Å². The summed E-state index contributed by atoms with van der Waals surface area (Å²) in [5.41, 5.74) is 2.37. The Hall–Kier alpha value is -1.07. The molecule has 104 valence electrons. The van der Waals surface area contributed by atoms with Crippen LogP contribution in [0, 0.1) is 6.92 Å². The van der Waals surface area contributed by atoms with Crippen molar-refractivity contribution in [1.29, 1.82) is 0 Å². The van der Waals surface area contributed by atoms with Gasteiger partial charge >= 0.3 is 5.97 Å². The summed E-state index contributed by atoms with van der Waals surface area (Å²) in [5, 5.41) is 12.2. The highest BCUT2D eigenvalue weighted by molar-refractivity contribution is 9.10. The molecule has 1 heterocycles. The molecule has 1 fully saturated rings. The average molecular weight is 327 g/mol. The fourth-order valence-corrected chi connectivity index (χ4v) is 2.65. The molecule has 19 heavy (non-hydrogen) atoms. The summed E-state index contributed by atoms with van der Waals surface area (Å²) in [5.74, 6) is -0.744. The molecule has 1 aromatic rings. The highest BCUT2D eigenvalue weighted by Crippen LogP contribution is 2.24. The number of halogens is 1. The number of benzene rings is 1. The maximum Gasteiger partial charge on any atom is 0.304 e. The Morgan fingerprint density at radius 3 is 3.05 bits per heavy atom. The number of rotatable bonds is 3. The van der Waals surface area contributed by atoms with Crippen molar-refractivity contribution in [3.63, 3.8) is 0 Å². The second-order valence-corrected chi connectivity index (χ2v) is 5.84. The first-order valence-corrected chi connectivity index (χ1v) is 7.32. The Bertz CT molecular complexity index is 465. The number of nitrogens with one attached hydrogen (secondary N) is 1. The molecule has 0 saturated carbocycles. The van der Waals surface area contributed by atoms with Gasteiger partial charge in [0.1, 0.15) is 0 Å². The van der Waals surface area contributed by atoms with Gasteiger partial charge in [0.15, 0.2) is 0 Å². The average Bonchev–Trinajstić information content (AvgIpc) is 2.57. The molecule has 5 heteroatoms. The van der Waals surface area contributed by atoms with Crippen LogP contribution in [0.2, 0.25) is 0 Å². The van der Waals surface area contributed by atoms with Crippen LogP contribution < -0.4 is 10.2 Å². The van der Waals surface area contributed by atoms with Gasteiger partial charge in [0.2, 0.25) is 0 Å². The lowest BCUT2D eigenvalue weighted by molar-refractivity contribution is -0.137. The van der Waals surface area contributed by atoms with Crippen LogP contribution in [0.25, 0.3) is 0 Å². The Balaban J connectivity index is 2.12. The van der Waals surface area contributed by atoms with Crippen molar-refractivity contribution in [2.24, 2.45) is 0 Å². The number of nitrogens with zero attached hydrogens (tertiary/aromatic N) is 1. The number of aliphatic carboxylic acids is 1. The quantitative estimate of drug-likeness (QED) is 0.895. The van der Waals surface area contributed by atoms with Crippen molar-refractivity contribution in [3.8, 4) is 0 Å². The van der Waals surface area contributed by atoms with Crippen molar-refractivity contribution in [1.82, 2.24) is 5.32 Å². The zero-order chi connectivity index (χ0) is 13.8. The van der Waals surface area contributed by atoms with E-state index >= 15 is 0 Å². The summed E-state index contributed by atoms with van der Waals surface area (Å²) in [6.45, 7) is 4.65. The summed E-state index contributed by atoms with van der Waals surface area (Å²) < 4.78 is 1.10. The Morgan fingerprint density at radius 1 is 1.58 bits per heavy atom. The largest absolute Gasteiger partial charge is 0.481 e. The van der Waals surface area contributed by atoms with Crippen LogP contribution in [-0.4, -0.2) is 36.8 Å². The molecule has 0 aliphatic carbocycles. The van der Waals surface area contributed by atoms with Crippen LogP contribution in [0.15, 0.2) is 22.7 Å². The molecule has 0 aromatic heterocycles. The molecule has 1 aliphatic heterocycles. The number of carboxylic acids is 1. The van der Waals surface area contributed by atoms with E-state index in [1.165, 1.54) is 11.3 Å². The number of hydrogen-bond donors (Lipinski definition) is 2. The Morgan fingerprint density at radius 2 is 2.37 bits per heavy atom. The molecule has 2 rings (SSSR count). The summed E-state index contributed by atoms with van der Waals surface area (Å²) >= 11 is 3.50. The number of anilines is 1. The van der Waals surface area contributed by atoms with Gasteiger partial charge < -0.3 is 15.3 Å². The van der Waals surface area contributed by atoms with E-state index in [2.05, 4.69) is 51.3 Å². The molecule has 1 aliphatic rings. The lowest BCUT2D eigenvalue weighted by Crippen LogP contribution is -2.39. The lowest BCUT2D eigenvalue weighted by atomic mass is 10.1. The van der Waals surface area contributed by atoms with E-state index in [0.29, 0.717) is 0 Å². The predicted octanol–water partition coefficient (Wildman–Crippen LogP) is 2.40. The first-order chi connectivity index (χ1) is 9.06. The first kappa shape index (κ1) is 14.3. The van der Waals surface area contributed by atoms with E-state index in [9.17, 15) is 4.79 Å². The van der Waals surface area contributed by atoms with Gasteiger partial charge in [-0.2, -0.15) is 0 Å². The van der Waals surface area contributed by atoms with E-state index in [0.717, 1.165) is 30.5 Å². The minimum Gasteiger partial charge on any atom is -0.481 e. The van der Waals surface area contributed by atoms with Crippen LogP contribution in [-0.2, 0) is 4.79 Å². The van der Waals surface area contributed by atoms with Gasteiger partial charge in [0.05, 0.1) is 6.42 Å². The number of aryl methyl sites for hydroxylation is 1. The lowest BCUT2D eigenvalue weighted by Gasteiger charge is -2.26. The third-order valence-electron chi connectivity index (χ3n) is 3.41. The second kappa shape index (κ2) is 6.39. The molecule has 1 atom stereocenters. The van der Waals surface area contributed by atoms with Crippen LogP contribution in [0.1, 0.15) is 18.4 Å². The first-order valence-electron chi connectivity index (χ1n) is 6.52. The van der Waals surface area contributed by atoms with Crippen LogP contribution >= 0.6 is 15.9 Å². The van der Waals surface area contributed by atoms with Crippen LogP contribution in [0.3, 0.4) is 0 Å². The molecule has 0 bridgehead atoms.